The van der Waals surface area contributed by atoms with E-state index in [4.69, 9.17) is 4.43 Å². The molecule has 4 heteroatoms. The van der Waals surface area contributed by atoms with Crippen LogP contribution in [-0.2, 0) is 5.60 Å². The Labute approximate surface area is 155 Å². The molecule has 0 heterocycles. The summed E-state index contributed by atoms with van der Waals surface area (Å²) in [7, 11) is -1.85. The third-order valence-electron chi connectivity index (χ3n) is 4.98. The van der Waals surface area contributed by atoms with Crippen molar-refractivity contribution in [3.63, 3.8) is 0 Å². The lowest BCUT2D eigenvalue weighted by atomic mass is 9.88. The fourth-order valence-electron chi connectivity index (χ4n) is 2.25. The van der Waals surface area contributed by atoms with E-state index in [1.165, 1.54) is 0 Å². The summed E-state index contributed by atoms with van der Waals surface area (Å²) in [5.74, 6) is 0.871. The molecule has 1 unspecified atom stereocenters. The van der Waals surface area contributed by atoms with Crippen molar-refractivity contribution < 1.29 is 9.53 Å². The second kappa shape index (κ2) is 6.66. The maximum absolute atomic E-state index is 11.0. The fourth-order valence-corrected chi connectivity index (χ4v) is 3.68. The minimum atomic E-state index is -1.85. The van der Waals surface area contributed by atoms with Gasteiger partial charge in [0.2, 0.25) is 8.32 Å². The molecule has 2 aromatic carbocycles. The smallest absolute Gasteiger partial charge is 0.250 e. The number of benzene rings is 2. The first-order valence-electron chi connectivity index (χ1n) is 8.21. The van der Waals surface area contributed by atoms with E-state index in [-0.39, 0.29) is 5.04 Å². The lowest BCUT2D eigenvalue weighted by Gasteiger charge is -2.36. The van der Waals surface area contributed by atoms with Crippen LogP contribution in [0.15, 0.2) is 53.0 Å². The minimum absolute atomic E-state index is 0.160. The lowest BCUT2D eigenvalue weighted by Crippen LogP contribution is -2.43. The summed E-state index contributed by atoms with van der Waals surface area (Å²) in [6.07, 6.45) is 0. The summed E-state index contributed by atoms with van der Waals surface area (Å²) < 4.78 is 7.27. The molecular weight excluding hydrogens is 380 g/mol. The van der Waals surface area contributed by atoms with E-state index < -0.39 is 13.9 Å². The van der Waals surface area contributed by atoms with Crippen LogP contribution in [0.25, 0.3) is 0 Å². The van der Waals surface area contributed by atoms with Gasteiger partial charge in [-0.15, -0.1) is 0 Å². The van der Waals surface area contributed by atoms with Gasteiger partial charge in [0.05, 0.1) is 0 Å². The molecule has 0 bridgehead atoms. The van der Waals surface area contributed by atoms with Gasteiger partial charge >= 0.3 is 0 Å². The Balaban J connectivity index is 2.26. The van der Waals surface area contributed by atoms with Gasteiger partial charge in [-0.05, 0) is 60.4 Å². The van der Waals surface area contributed by atoms with E-state index in [2.05, 4.69) is 49.8 Å². The molecule has 0 saturated carbocycles. The van der Waals surface area contributed by atoms with Crippen molar-refractivity contribution in [1.29, 1.82) is 0 Å². The van der Waals surface area contributed by atoms with Crippen molar-refractivity contribution in [2.24, 2.45) is 0 Å². The van der Waals surface area contributed by atoms with E-state index >= 15 is 0 Å². The van der Waals surface area contributed by atoms with Crippen LogP contribution in [0.5, 0.6) is 5.75 Å². The molecule has 0 aliphatic heterocycles. The second-order valence-electron chi connectivity index (χ2n) is 7.97. The molecule has 1 N–H and O–H groups in total. The number of aliphatic hydroxyl groups is 1. The van der Waals surface area contributed by atoms with Gasteiger partial charge in [-0.1, -0.05) is 61.0 Å². The van der Waals surface area contributed by atoms with Crippen molar-refractivity contribution in [2.45, 2.75) is 51.4 Å². The van der Waals surface area contributed by atoms with Crippen LogP contribution in [-0.4, -0.2) is 13.4 Å². The summed E-state index contributed by atoms with van der Waals surface area (Å²) in [5.41, 5.74) is 0.664. The van der Waals surface area contributed by atoms with Crippen molar-refractivity contribution in [3.05, 3.63) is 64.1 Å². The molecule has 0 radical (unpaired) electrons. The van der Waals surface area contributed by atoms with Crippen LogP contribution in [0, 0.1) is 0 Å². The molecule has 0 amide bonds. The average molecular weight is 407 g/mol. The number of halogens is 1. The van der Waals surface area contributed by atoms with Crippen LogP contribution < -0.4 is 4.43 Å². The molecule has 2 nitrogen and oxygen atoms in total. The van der Waals surface area contributed by atoms with Gasteiger partial charge in [-0.2, -0.15) is 0 Å². The summed E-state index contributed by atoms with van der Waals surface area (Å²) >= 11 is 3.46. The van der Waals surface area contributed by atoms with E-state index in [1.807, 2.05) is 55.5 Å². The SMILES string of the molecule is CC(O)(c1ccc(O[Si](C)(C)C(C)(C)C)cc1)c1cccc(Br)c1. The Hall–Kier alpha value is -1.10. The minimum Gasteiger partial charge on any atom is -0.544 e. The maximum atomic E-state index is 11.0. The summed E-state index contributed by atoms with van der Waals surface area (Å²) in [5, 5.41) is 11.1. The summed E-state index contributed by atoms with van der Waals surface area (Å²) in [6.45, 7) is 13.0. The molecule has 0 spiro atoms. The first-order valence-corrected chi connectivity index (χ1v) is 11.9. The third kappa shape index (κ3) is 4.10. The Morgan fingerprint density at radius 2 is 1.50 bits per heavy atom. The molecule has 130 valence electrons. The van der Waals surface area contributed by atoms with Crippen LogP contribution >= 0.6 is 15.9 Å². The Morgan fingerprint density at radius 1 is 0.917 bits per heavy atom. The van der Waals surface area contributed by atoms with E-state index in [1.54, 1.807) is 0 Å². The quantitative estimate of drug-likeness (QED) is 0.622. The highest BCUT2D eigenvalue weighted by molar-refractivity contribution is 9.10. The number of hydrogen-bond donors (Lipinski definition) is 1. The average Bonchev–Trinajstić information content (AvgIpc) is 2.46. The van der Waals surface area contributed by atoms with E-state index in [0.29, 0.717) is 0 Å². The van der Waals surface area contributed by atoms with E-state index in [0.717, 1.165) is 21.3 Å². The normalized spacial score (nSPS) is 15.0. The largest absolute Gasteiger partial charge is 0.544 e. The van der Waals surface area contributed by atoms with Crippen LogP contribution in [0.3, 0.4) is 0 Å². The molecule has 0 aromatic heterocycles. The fraction of sp³-hybridized carbons (Fsp3) is 0.400. The Morgan fingerprint density at radius 3 is 2.00 bits per heavy atom. The molecule has 0 saturated heterocycles. The van der Waals surface area contributed by atoms with Gasteiger partial charge in [0.15, 0.2) is 0 Å². The molecule has 0 fully saturated rings. The molecule has 2 aromatic rings. The Kier molecular flexibility index (Phi) is 5.33. The zero-order valence-corrected chi connectivity index (χ0v) is 17.9. The Bertz CT molecular complexity index is 700. The van der Waals surface area contributed by atoms with Gasteiger partial charge in [-0.3, -0.25) is 0 Å². The standard InChI is InChI=1S/C20H27BrO2Si/c1-19(2,3)24(5,6)23-18-12-10-15(11-13-18)20(4,22)16-8-7-9-17(21)14-16/h7-14,22H,1-6H3. The van der Waals surface area contributed by atoms with Crippen LogP contribution in [0.2, 0.25) is 18.1 Å². The van der Waals surface area contributed by atoms with Crippen molar-refractivity contribution in [3.8, 4) is 5.75 Å². The number of hydrogen-bond acceptors (Lipinski definition) is 2. The lowest BCUT2D eigenvalue weighted by molar-refractivity contribution is 0.102. The molecule has 24 heavy (non-hydrogen) atoms. The van der Waals surface area contributed by atoms with Gasteiger partial charge < -0.3 is 9.53 Å². The number of rotatable bonds is 4. The topological polar surface area (TPSA) is 29.5 Å². The summed E-state index contributed by atoms with van der Waals surface area (Å²) in [6, 6.07) is 15.6. The first-order chi connectivity index (χ1) is 10.9. The zero-order chi connectivity index (χ0) is 18.2. The van der Waals surface area contributed by atoms with Crippen LogP contribution in [0.1, 0.15) is 38.8 Å². The third-order valence-corrected chi connectivity index (χ3v) is 9.83. The first kappa shape index (κ1) is 19.2. The van der Waals surface area contributed by atoms with Crippen molar-refractivity contribution in [1.82, 2.24) is 0 Å². The second-order valence-corrected chi connectivity index (χ2v) is 13.6. The maximum Gasteiger partial charge on any atom is 0.250 e. The van der Waals surface area contributed by atoms with Crippen molar-refractivity contribution >= 4 is 24.2 Å². The van der Waals surface area contributed by atoms with E-state index in [9.17, 15) is 5.11 Å². The molecule has 1 atom stereocenters. The van der Waals surface area contributed by atoms with Gasteiger partial charge in [-0.25, -0.2) is 0 Å². The van der Waals surface area contributed by atoms with Gasteiger partial charge in [0.25, 0.3) is 0 Å². The van der Waals surface area contributed by atoms with Gasteiger partial charge in [0, 0.05) is 4.47 Å². The highest BCUT2D eigenvalue weighted by Crippen LogP contribution is 2.38. The monoisotopic (exact) mass is 406 g/mol. The summed E-state index contributed by atoms with van der Waals surface area (Å²) in [4.78, 5) is 0. The molecule has 0 aliphatic carbocycles. The predicted molar refractivity (Wildman–Crippen MR) is 107 cm³/mol. The zero-order valence-electron chi connectivity index (χ0n) is 15.4. The molecule has 0 aliphatic rings. The van der Waals surface area contributed by atoms with Crippen molar-refractivity contribution in [2.75, 3.05) is 0 Å². The highest BCUT2D eigenvalue weighted by Gasteiger charge is 2.39. The molecular formula is C20H27BrO2Si. The van der Waals surface area contributed by atoms with Crippen LogP contribution in [0.4, 0.5) is 0 Å². The molecule has 2 rings (SSSR count). The van der Waals surface area contributed by atoms with Gasteiger partial charge in [0.1, 0.15) is 11.4 Å². The predicted octanol–water partition coefficient (Wildman–Crippen LogP) is 6.09. The highest BCUT2D eigenvalue weighted by atomic mass is 79.9.